The van der Waals surface area contributed by atoms with Crippen LogP contribution >= 0.6 is 0 Å². The summed E-state index contributed by atoms with van der Waals surface area (Å²) in [4.78, 5) is 26.8. The third kappa shape index (κ3) is 4.86. The van der Waals surface area contributed by atoms with Crippen LogP contribution in [0.3, 0.4) is 0 Å². The second-order valence-corrected chi connectivity index (χ2v) is 7.73. The number of nitrogens with one attached hydrogen (secondary N) is 1. The van der Waals surface area contributed by atoms with Crippen LogP contribution in [0.4, 0.5) is 15.8 Å². The van der Waals surface area contributed by atoms with Gasteiger partial charge in [0.15, 0.2) is 6.10 Å². The zero-order valence-corrected chi connectivity index (χ0v) is 17.8. The summed E-state index contributed by atoms with van der Waals surface area (Å²) in [7, 11) is 0. The van der Waals surface area contributed by atoms with Crippen molar-refractivity contribution < 1.29 is 18.7 Å². The number of amides is 2. The van der Waals surface area contributed by atoms with Crippen molar-refractivity contribution in [3.8, 4) is 5.75 Å². The molecular formula is C26H23FN2O3. The van der Waals surface area contributed by atoms with E-state index in [2.05, 4.69) is 5.32 Å². The fraction of sp³-hybridized carbons (Fsp3) is 0.154. The number of halogens is 1. The van der Waals surface area contributed by atoms with Gasteiger partial charge in [-0.3, -0.25) is 9.59 Å². The molecule has 1 aliphatic heterocycles. The lowest BCUT2D eigenvalue weighted by molar-refractivity contribution is -0.125. The van der Waals surface area contributed by atoms with Crippen LogP contribution in [0.5, 0.6) is 5.75 Å². The van der Waals surface area contributed by atoms with Gasteiger partial charge in [0.2, 0.25) is 5.91 Å². The van der Waals surface area contributed by atoms with Gasteiger partial charge in [-0.1, -0.05) is 42.0 Å². The number of hydrogen-bond acceptors (Lipinski definition) is 3. The summed E-state index contributed by atoms with van der Waals surface area (Å²) in [6.07, 6.45) is 2.56. The second kappa shape index (κ2) is 9.06. The topological polar surface area (TPSA) is 58.6 Å². The molecule has 162 valence electrons. The maximum absolute atomic E-state index is 13.3. The number of rotatable bonds is 5. The molecule has 1 N–H and O–H groups in total. The lowest BCUT2D eigenvalue weighted by atomic mass is 10.1. The van der Waals surface area contributed by atoms with Crippen molar-refractivity contribution in [2.24, 2.45) is 0 Å². The van der Waals surface area contributed by atoms with E-state index in [4.69, 9.17) is 4.74 Å². The first-order chi connectivity index (χ1) is 15.4. The molecule has 0 aliphatic carbocycles. The molecule has 4 rings (SSSR count). The van der Waals surface area contributed by atoms with E-state index in [0.717, 1.165) is 16.7 Å². The number of benzene rings is 3. The van der Waals surface area contributed by atoms with Crippen LogP contribution in [0.15, 0.2) is 72.8 Å². The Morgan fingerprint density at radius 1 is 1.09 bits per heavy atom. The van der Waals surface area contributed by atoms with Crippen molar-refractivity contribution in [2.75, 3.05) is 10.2 Å². The number of carbonyl (C=O) groups excluding carboxylic acids is 2. The first-order valence-corrected chi connectivity index (χ1v) is 10.3. The van der Waals surface area contributed by atoms with E-state index in [9.17, 15) is 14.0 Å². The molecule has 3 aromatic rings. The summed E-state index contributed by atoms with van der Waals surface area (Å²) in [5.74, 6) is -0.275. The number of ether oxygens (including phenoxy) is 1. The molecule has 1 unspecified atom stereocenters. The Hall–Kier alpha value is -3.93. The lowest BCUT2D eigenvalue weighted by Crippen LogP contribution is -2.44. The summed E-state index contributed by atoms with van der Waals surface area (Å²) in [5.41, 5.74) is 3.96. The number of carbonyl (C=O) groups is 2. The smallest absolute Gasteiger partial charge is 0.268 e. The Labute approximate surface area is 186 Å². The van der Waals surface area contributed by atoms with Crippen LogP contribution in [-0.4, -0.2) is 17.9 Å². The van der Waals surface area contributed by atoms with Gasteiger partial charge in [0.1, 0.15) is 11.6 Å². The fourth-order valence-corrected chi connectivity index (χ4v) is 3.45. The minimum absolute atomic E-state index is 0.204. The minimum atomic E-state index is -0.638. The minimum Gasteiger partial charge on any atom is -0.479 e. The predicted octanol–water partition coefficient (Wildman–Crippen LogP) is 5.10. The van der Waals surface area contributed by atoms with Crippen molar-refractivity contribution >= 4 is 29.3 Å². The molecule has 0 spiro atoms. The first-order valence-electron chi connectivity index (χ1n) is 10.3. The zero-order chi connectivity index (χ0) is 22.7. The number of anilines is 2. The van der Waals surface area contributed by atoms with Crippen molar-refractivity contribution in [3.05, 3.63) is 95.3 Å². The highest BCUT2D eigenvalue weighted by Crippen LogP contribution is 2.37. The van der Waals surface area contributed by atoms with E-state index in [1.165, 1.54) is 18.2 Å². The maximum Gasteiger partial charge on any atom is 0.268 e. The van der Waals surface area contributed by atoms with Crippen LogP contribution in [0.25, 0.3) is 6.08 Å². The SMILES string of the molecule is Cc1ccc(/C=C/C(=O)Nc2ccc3c(c2)N(Cc2ccc(F)cc2)C(=O)C(C)O3)cc1. The van der Waals surface area contributed by atoms with Gasteiger partial charge in [-0.05, 0) is 61.4 Å². The van der Waals surface area contributed by atoms with Crippen molar-refractivity contribution in [3.63, 3.8) is 0 Å². The van der Waals surface area contributed by atoms with Crippen molar-refractivity contribution in [2.45, 2.75) is 26.5 Å². The number of fused-ring (bicyclic) bond motifs is 1. The number of nitrogens with zero attached hydrogens (tertiary/aromatic N) is 1. The number of hydrogen-bond donors (Lipinski definition) is 1. The first kappa shape index (κ1) is 21.3. The monoisotopic (exact) mass is 430 g/mol. The van der Waals surface area contributed by atoms with Crippen LogP contribution < -0.4 is 15.0 Å². The van der Waals surface area contributed by atoms with Crippen LogP contribution in [-0.2, 0) is 16.1 Å². The predicted molar refractivity (Wildman–Crippen MR) is 123 cm³/mol. The Morgan fingerprint density at radius 2 is 1.81 bits per heavy atom. The molecule has 0 radical (unpaired) electrons. The summed E-state index contributed by atoms with van der Waals surface area (Å²) in [5, 5.41) is 2.82. The molecule has 3 aromatic carbocycles. The number of aryl methyl sites for hydroxylation is 1. The molecule has 2 amide bonds. The summed E-state index contributed by atoms with van der Waals surface area (Å²) in [6.45, 7) is 3.96. The largest absolute Gasteiger partial charge is 0.479 e. The molecule has 1 aliphatic rings. The highest BCUT2D eigenvalue weighted by Gasteiger charge is 2.31. The van der Waals surface area contributed by atoms with Gasteiger partial charge >= 0.3 is 0 Å². The van der Waals surface area contributed by atoms with Crippen molar-refractivity contribution in [1.82, 2.24) is 0 Å². The maximum atomic E-state index is 13.3. The van der Waals surface area contributed by atoms with Crippen LogP contribution in [0.1, 0.15) is 23.6 Å². The molecule has 0 saturated heterocycles. The fourth-order valence-electron chi connectivity index (χ4n) is 3.45. The third-order valence-corrected chi connectivity index (χ3v) is 5.19. The van der Waals surface area contributed by atoms with Gasteiger partial charge in [0, 0.05) is 11.8 Å². The normalized spacial score (nSPS) is 15.4. The molecule has 0 fully saturated rings. The standard InChI is InChI=1S/C26H23FN2O3/c1-17-3-5-19(6-4-17)9-14-25(30)28-22-12-13-24-23(15-22)29(26(31)18(2)32-24)16-20-7-10-21(27)11-8-20/h3-15,18H,16H2,1-2H3,(H,28,30)/b14-9+. The van der Waals surface area contributed by atoms with E-state index in [1.807, 2.05) is 31.2 Å². The highest BCUT2D eigenvalue weighted by atomic mass is 19.1. The highest BCUT2D eigenvalue weighted by molar-refractivity contribution is 6.04. The average Bonchev–Trinajstić information content (AvgIpc) is 2.78. The van der Waals surface area contributed by atoms with E-state index < -0.39 is 6.10 Å². The summed E-state index contributed by atoms with van der Waals surface area (Å²) in [6, 6.07) is 19.0. The molecule has 32 heavy (non-hydrogen) atoms. The van der Waals surface area contributed by atoms with Crippen molar-refractivity contribution in [1.29, 1.82) is 0 Å². The Bertz CT molecular complexity index is 1170. The Morgan fingerprint density at radius 3 is 2.53 bits per heavy atom. The lowest BCUT2D eigenvalue weighted by Gasteiger charge is -2.33. The molecule has 1 atom stereocenters. The molecule has 0 bridgehead atoms. The molecule has 0 aromatic heterocycles. The summed E-state index contributed by atoms with van der Waals surface area (Å²) < 4.78 is 19.0. The molecule has 6 heteroatoms. The van der Waals surface area contributed by atoms with Gasteiger partial charge in [-0.2, -0.15) is 0 Å². The second-order valence-electron chi connectivity index (χ2n) is 7.73. The van der Waals surface area contributed by atoms with Crippen LogP contribution in [0, 0.1) is 12.7 Å². The quantitative estimate of drug-likeness (QED) is 0.573. The van der Waals surface area contributed by atoms with Gasteiger partial charge < -0.3 is 15.0 Å². The van der Waals surface area contributed by atoms with E-state index in [-0.39, 0.29) is 24.2 Å². The van der Waals surface area contributed by atoms with E-state index >= 15 is 0 Å². The van der Waals surface area contributed by atoms with Gasteiger partial charge in [0.25, 0.3) is 5.91 Å². The van der Waals surface area contributed by atoms with Crippen LogP contribution in [0.2, 0.25) is 0 Å². The van der Waals surface area contributed by atoms with E-state index in [0.29, 0.717) is 17.1 Å². The van der Waals surface area contributed by atoms with Gasteiger partial charge in [0.05, 0.1) is 12.2 Å². The van der Waals surface area contributed by atoms with E-state index in [1.54, 1.807) is 48.2 Å². The average molecular weight is 430 g/mol. The Kier molecular flexibility index (Phi) is 6.03. The van der Waals surface area contributed by atoms with Gasteiger partial charge in [-0.15, -0.1) is 0 Å². The molecule has 1 heterocycles. The molecule has 5 nitrogen and oxygen atoms in total. The molecular weight excluding hydrogens is 407 g/mol. The zero-order valence-electron chi connectivity index (χ0n) is 17.8. The van der Waals surface area contributed by atoms with Gasteiger partial charge in [-0.25, -0.2) is 4.39 Å². The molecule has 0 saturated carbocycles. The Balaban J connectivity index is 1.54. The summed E-state index contributed by atoms with van der Waals surface area (Å²) >= 11 is 0. The third-order valence-electron chi connectivity index (χ3n) is 5.19.